The van der Waals surface area contributed by atoms with Crippen molar-refractivity contribution in [2.45, 2.75) is 27.2 Å². The first kappa shape index (κ1) is 12.9. The zero-order valence-corrected chi connectivity index (χ0v) is 12.4. The Morgan fingerprint density at radius 3 is 2.50 bits per heavy atom. The molecule has 0 aliphatic heterocycles. The van der Waals surface area contributed by atoms with E-state index in [0.29, 0.717) is 0 Å². The monoisotopic (exact) mass is 260 g/mol. The largest absolute Gasteiger partial charge is 0.0842 e. The predicted molar refractivity (Wildman–Crippen MR) is 90.3 cm³/mol. The molecular formula is C20H20. The third kappa shape index (κ3) is 2.02. The molecule has 0 unspecified atom stereocenters. The van der Waals surface area contributed by atoms with Gasteiger partial charge in [-0.2, -0.15) is 0 Å². The fourth-order valence-corrected chi connectivity index (χ4v) is 2.95. The number of allylic oxidation sites excluding steroid dienone is 1. The molecule has 0 N–H and O–H groups in total. The van der Waals surface area contributed by atoms with Crippen LogP contribution in [0.15, 0.2) is 48.5 Å². The molecule has 0 heteroatoms. The van der Waals surface area contributed by atoms with Crippen LogP contribution in [0, 0.1) is 13.8 Å². The highest BCUT2D eigenvalue weighted by molar-refractivity contribution is 6.05. The van der Waals surface area contributed by atoms with Crippen LogP contribution in [0.2, 0.25) is 0 Å². The van der Waals surface area contributed by atoms with Crippen molar-refractivity contribution in [1.29, 1.82) is 0 Å². The van der Waals surface area contributed by atoms with Gasteiger partial charge >= 0.3 is 0 Å². The number of aryl methyl sites for hydroxylation is 2. The molecule has 0 nitrogen and oxygen atoms in total. The van der Waals surface area contributed by atoms with Crippen molar-refractivity contribution < 1.29 is 0 Å². The smallest absolute Gasteiger partial charge is 0.00998 e. The lowest BCUT2D eigenvalue weighted by atomic mass is 9.92. The molecule has 0 aliphatic rings. The molecule has 0 aliphatic carbocycles. The summed E-state index contributed by atoms with van der Waals surface area (Å²) in [4.78, 5) is 0. The highest BCUT2D eigenvalue weighted by Gasteiger charge is 2.07. The summed E-state index contributed by atoms with van der Waals surface area (Å²) in [5, 5.41) is 5.42. The van der Waals surface area contributed by atoms with Gasteiger partial charge in [-0.25, -0.2) is 0 Å². The second kappa shape index (κ2) is 5.13. The van der Waals surface area contributed by atoms with Crippen LogP contribution < -0.4 is 0 Å². The number of rotatable bonds is 2. The van der Waals surface area contributed by atoms with Gasteiger partial charge in [0.05, 0.1) is 0 Å². The summed E-state index contributed by atoms with van der Waals surface area (Å²) >= 11 is 0. The molecule has 0 aromatic heterocycles. The van der Waals surface area contributed by atoms with Gasteiger partial charge in [-0.1, -0.05) is 55.5 Å². The minimum atomic E-state index is 1.07. The molecule has 3 aromatic carbocycles. The van der Waals surface area contributed by atoms with Gasteiger partial charge in [0.1, 0.15) is 0 Å². The second-order valence-electron chi connectivity index (χ2n) is 5.42. The van der Waals surface area contributed by atoms with E-state index in [1.807, 2.05) is 0 Å². The van der Waals surface area contributed by atoms with Gasteiger partial charge in [0.15, 0.2) is 0 Å². The fraction of sp³-hybridized carbons (Fsp3) is 0.200. The Hall–Kier alpha value is -2.08. The summed E-state index contributed by atoms with van der Waals surface area (Å²) in [6.07, 6.45) is 5.58. The summed E-state index contributed by atoms with van der Waals surface area (Å²) < 4.78 is 0. The van der Waals surface area contributed by atoms with Gasteiger partial charge in [-0.15, -0.1) is 0 Å². The van der Waals surface area contributed by atoms with Crippen molar-refractivity contribution >= 4 is 27.6 Å². The van der Waals surface area contributed by atoms with Gasteiger partial charge in [-0.3, -0.25) is 0 Å². The summed E-state index contributed by atoms with van der Waals surface area (Å²) in [6.45, 7) is 6.60. The van der Waals surface area contributed by atoms with E-state index in [-0.39, 0.29) is 0 Å². The minimum absolute atomic E-state index is 1.07. The number of hydrogen-bond acceptors (Lipinski definition) is 0. The number of benzene rings is 3. The Kier molecular flexibility index (Phi) is 3.31. The van der Waals surface area contributed by atoms with E-state index in [9.17, 15) is 0 Å². The molecule has 0 heterocycles. The third-order valence-corrected chi connectivity index (χ3v) is 4.09. The molecule has 0 spiro atoms. The first-order chi connectivity index (χ1) is 9.72. The lowest BCUT2D eigenvalue weighted by Gasteiger charge is -2.12. The van der Waals surface area contributed by atoms with E-state index in [1.165, 1.54) is 38.2 Å². The predicted octanol–water partition coefficient (Wildman–Crippen LogP) is 6.03. The van der Waals surface area contributed by atoms with Gasteiger partial charge in [0.25, 0.3) is 0 Å². The van der Waals surface area contributed by atoms with E-state index in [4.69, 9.17) is 0 Å². The quantitative estimate of drug-likeness (QED) is 0.493. The van der Waals surface area contributed by atoms with E-state index in [2.05, 4.69) is 75.4 Å². The first-order valence-electron chi connectivity index (χ1n) is 7.30. The van der Waals surface area contributed by atoms with Crippen LogP contribution in [0.25, 0.3) is 27.6 Å². The SMILES string of the molecule is CC/C=C\c1c(C)ccc2c(C)c3ccccc3cc12. The van der Waals surface area contributed by atoms with Crippen molar-refractivity contribution in [1.82, 2.24) is 0 Å². The second-order valence-corrected chi connectivity index (χ2v) is 5.42. The molecule has 0 amide bonds. The maximum Gasteiger partial charge on any atom is -0.00998 e. The Morgan fingerprint density at radius 2 is 1.70 bits per heavy atom. The maximum atomic E-state index is 2.33. The molecule has 0 fully saturated rings. The van der Waals surface area contributed by atoms with Crippen LogP contribution in [-0.4, -0.2) is 0 Å². The topological polar surface area (TPSA) is 0 Å². The summed E-state index contributed by atoms with van der Waals surface area (Å²) in [7, 11) is 0. The Labute approximate surface area is 120 Å². The molecule has 20 heavy (non-hydrogen) atoms. The van der Waals surface area contributed by atoms with Crippen molar-refractivity contribution in [3.63, 3.8) is 0 Å². The Morgan fingerprint density at radius 1 is 0.900 bits per heavy atom. The van der Waals surface area contributed by atoms with Crippen molar-refractivity contribution in [2.75, 3.05) is 0 Å². The summed E-state index contributed by atoms with van der Waals surface area (Å²) in [5.41, 5.74) is 4.08. The van der Waals surface area contributed by atoms with Crippen molar-refractivity contribution in [3.8, 4) is 0 Å². The van der Waals surface area contributed by atoms with Gasteiger partial charge in [0.2, 0.25) is 0 Å². The molecule has 100 valence electrons. The molecule has 0 radical (unpaired) electrons. The van der Waals surface area contributed by atoms with E-state index < -0.39 is 0 Å². The molecule has 3 rings (SSSR count). The minimum Gasteiger partial charge on any atom is -0.0842 e. The average molecular weight is 260 g/mol. The molecule has 0 saturated heterocycles. The highest BCUT2D eigenvalue weighted by Crippen LogP contribution is 2.32. The first-order valence-corrected chi connectivity index (χ1v) is 7.30. The lowest BCUT2D eigenvalue weighted by Crippen LogP contribution is -1.88. The van der Waals surface area contributed by atoms with E-state index in [0.717, 1.165) is 6.42 Å². The summed E-state index contributed by atoms with van der Waals surface area (Å²) in [6, 6.07) is 15.5. The lowest BCUT2D eigenvalue weighted by molar-refractivity contribution is 1.23. The van der Waals surface area contributed by atoms with Crippen molar-refractivity contribution in [2.24, 2.45) is 0 Å². The molecular weight excluding hydrogens is 240 g/mol. The maximum absolute atomic E-state index is 2.33. The van der Waals surface area contributed by atoms with Crippen LogP contribution in [-0.2, 0) is 0 Å². The standard InChI is InChI=1S/C20H20/c1-4-5-9-17-14(2)11-12-19-15(3)18-10-7-6-8-16(18)13-20(17)19/h5-13H,4H2,1-3H3/b9-5-. The number of fused-ring (bicyclic) bond motifs is 2. The third-order valence-electron chi connectivity index (χ3n) is 4.09. The molecule has 3 aromatic rings. The van der Waals surface area contributed by atoms with Gasteiger partial charge in [-0.05, 0) is 64.6 Å². The highest BCUT2D eigenvalue weighted by atomic mass is 14.1. The average Bonchev–Trinajstić information content (AvgIpc) is 2.47. The van der Waals surface area contributed by atoms with E-state index in [1.54, 1.807) is 0 Å². The van der Waals surface area contributed by atoms with Crippen molar-refractivity contribution in [3.05, 3.63) is 65.2 Å². The molecule has 0 bridgehead atoms. The zero-order valence-electron chi connectivity index (χ0n) is 12.4. The fourth-order valence-electron chi connectivity index (χ4n) is 2.95. The normalized spacial score (nSPS) is 11.8. The van der Waals surface area contributed by atoms with Crippen LogP contribution in [0.3, 0.4) is 0 Å². The molecule has 0 saturated carbocycles. The van der Waals surface area contributed by atoms with Gasteiger partial charge in [0, 0.05) is 0 Å². The zero-order chi connectivity index (χ0) is 14.1. The van der Waals surface area contributed by atoms with Crippen LogP contribution in [0.1, 0.15) is 30.0 Å². The van der Waals surface area contributed by atoms with E-state index >= 15 is 0 Å². The Bertz CT molecular complexity index is 807. The Balaban J connectivity index is 2.45. The molecule has 0 atom stereocenters. The van der Waals surface area contributed by atoms with Crippen LogP contribution in [0.5, 0.6) is 0 Å². The van der Waals surface area contributed by atoms with Gasteiger partial charge < -0.3 is 0 Å². The van der Waals surface area contributed by atoms with Crippen LogP contribution >= 0.6 is 0 Å². The number of hydrogen-bond donors (Lipinski definition) is 0. The summed E-state index contributed by atoms with van der Waals surface area (Å²) in [5.74, 6) is 0. The van der Waals surface area contributed by atoms with Crippen LogP contribution in [0.4, 0.5) is 0 Å².